The first-order valence-electron chi connectivity index (χ1n) is 3.74. The number of nitrogens with two attached hydrogens (primary N) is 1. The SMILES string of the molecule is Cl.N[C@@H](CC(F)F)c1ccncc1Cl. The zero-order valence-electron chi connectivity index (χ0n) is 7.16. The first-order valence-corrected chi connectivity index (χ1v) is 4.12. The van der Waals surface area contributed by atoms with E-state index in [1.807, 2.05) is 0 Å². The van der Waals surface area contributed by atoms with Crippen molar-refractivity contribution in [1.29, 1.82) is 0 Å². The maximum Gasteiger partial charge on any atom is 0.240 e. The van der Waals surface area contributed by atoms with Gasteiger partial charge in [0.15, 0.2) is 0 Å². The van der Waals surface area contributed by atoms with E-state index in [9.17, 15) is 8.78 Å². The van der Waals surface area contributed by atoms with E-state index in [0.717, 1.165) is 0 Å². The molecule has 0 bridgehead atoms. The molecule has 0 spiro atoms. The van der Waals surface area contributed by atoms with E-state index in [0.29, 0.717) is 10.6 Å². The van der Waals surface area contributed by atoms with Gasteiger partial charge < -0.3 is 5.73 Å². The molecule has 6 heteroatoms. The van der Waals surface area contributed by atoms with Crippen LogP contribution in [0.2, 0.25) is 5.02 Å². The van der Waals surface area contributed by atoms with Gasteiger partial charge in [0.05, 0.1) is 5.02 Å². The summed E-state index contributed by atoms with van der Waals surface area (Å²) in [7, 11) is 0. The second-order valence-corrected chi connectivity index (χ2v) is 3.04. The molecule has 1 rings (SSSR count). The number of hydrogen-bond acceptors (Lipinski definition) is 2. The Kier molecular flexibility index (Phi) is 5.92. The maximum absolute atomic E-state index is 12.0. The molecule has 1 aromatic heterocycles. The Balaban J connectivity index is 0.00000169. The molecule has 0 aromatic carbocycles. The van der Waals surface area contributed by atoms with Crippen molar-refractivity contribution in [2.45, 2.75) is 18.9 Å². The number of alkyl halides is 2. The largest absolute Gasteiger partial charge is 0.324 e. The molecule has 2 nitrogen and oxygen atoms in total. The molecule has 80 valence electrons. The molecule has 0 aliphatic heterocycles. The highest BCUT2D eigenvalue weighted by molar-refractivity contribution is 6.31. The Morgan fingerprint density at radius 2 is 2.14 bits per heavy atom. The highest BCUT2D eigenvalue weighted by Gasteiger charge is 2.14. The van der Waals surface area contributed by atoms with Crippen molar-refractivity contribution in [3.63, 3.8) is 0 Å². The maximum atomic E-state index is 12.0. The lowest BCUT2D eigenvalue weighted by atomic mass is 10.1. The van der Waals surface area contributed by atoms with Crippen molar-refractivity contribution in [2.24, 2.45) is 5.73 Å². The van der Waals surface area contributed by atoms with Gasteiger partial charge in [-0.3, -0.25) is 4.98 Å². The summed E-state index contributed by atoms with van der Waals surface area (Å²) in [6.07, 6.45) is 0.0672. The molecule has 0 fully saturated rings. The molecule has 0 aliphatic rings. The van der Waals surface area contributed by atoms with Gasteiger partial charge in [-0.05, 0) is 11.6 Å². The summed E-state index contributed by atoms with van der Waals surface area (Å²) in [5, 5.41) is 0.329. The lowest BCUT2D eigenvalue weighted by molar-refractivity contribution is 0.128. The van der Waals surface area contributed by atoms with E-state index < -0.39 is 12.5 Å². The van der Waals surface area contributed by atoms with E-state index in [2.05, 4.69) is 4.98 Å². The molecule has 0 radical (unpaired) electrons. The third kappa shape index (κ3) is 3.74. The van der Waals surface area contributed by atoms with Crippen molar-refractivity contribution in [1.82, 2.24) is 4.98 Å². The van der Waals surface area contributed by atoms with Crippen molar-refractivity contribution >= 4 is 24.0 Å². The molecular formula is C8H10Cl2F2N2. The van der Waals surface area contributed by atoms with Crippen molar-refractivity contribution < 1.29 is 8.78 Å². The summed E-state index contributed by atoms with van der Waals surface area (Å²) >= 11 is 5.72. The van der Waals surface area contributed by atoms with Crippen LogP contribution in [0.3, 0.4) is 0 Å². The fourth-order valence-corrected chi connectivity index (χ4v) is 1.27. The lowest BCUT2D eigenvalue weighted by Gasteiger charge is -2.11. The van der Waals surface area contributed by atoms with Gasteiger partial charge in [-0.25, -0.2) is 8.78 Å². The second kappa shape index (κ2) is 6.11. The first-order chi connectivity index (χ1) is 6.11. The molecule has 0 unspecified atom stereocenters. The standard InChI is InChI=1S/C8H9ClF2N2.ClH/c9-6-4-13-2-1-5(6)7(12)3-8(10)11;/h1-2,4,7-8H,3,12H2;1H/t7-;/m0./s1. The van der Waals surface area contributed by atoms with Crippen molar-refractivity contribution in [3.05, 3.63) is 29.0 Å². The van der Waals surface area contributed by atoms with Crippen molar-refractivity contribution in [3.8, 4) is 0 Å². The minimum absolute atomic E-state index is 0. The van der Waals surface area contributed by atoms with E-state index >= 15 is 0 Å². The van der Waals surface area contributed by atoms with E-state index in [1.54, 1.807) is 6.07 Å². The minimum atomic E-state index is -2.42. The monoisotopic (exact) mass is 242 g/mol. The lowest BCUT2D eigenvalue weighted by Crippen LogP contribution is -2.14. The summed E-state index contributed by atoms with van der Waals surface area (Å²) in [6, 6.07) is 0.825. The van der Waals surface area contributed by atoms with Crippen LogP contribution in [0.15, 0.2) is 18.5 Å². The highest BCUT2D eigenvalue weighted by atomic mass is 35.5. The Morgan fingerprint density at radius 3 is 2.64 bits per heavy atom. The summed E-state index contributed by atoms with van der Waals surface area (Å²) in [4.78, 5) is 3.73. The van der Waals surface area contributed by atoms with Gasteiger partial charge in [0, 0.05) is 24.9 Å². The van der Waals surface area contributed by atoms with Crippen LogP contribution < -0.4 is 5.73 Å². The van der Waals surface area contributed by atoms with Gasteiger partial charge in [-0.15, -0.1) is 12.4 Å². The molecule has 0 aliphatic carbocycles. The predicted octanol–water partition coefficient (Wildman–Crippen LogP) is 2.81. The highest BCUT2D eigenvalue weighted by Crippen LogP contribution is 2.24. The molecule has 1 aromatic rings. The van der Waals surface area contributed by atoms with Crippen LogP contribution in [0.1, 0.15) is 18.0 Å². The van der Waals surface area contributed by atoms with Crippen LogP contribution in [-0.4, -0.2) is 11.4 Å². The molecule has 1 atom stereocenters. The topological polar surface area (TPSA) is 38.9 Å². The Bertz CT molecular complexity index is 284. The summed E-state index contributed by atoms with van der Waals surface area (Å²) in [5.74, 6) is 0. The van der Waals surface area contributed by atoms with Crippen molar-refractivity contribution in [2.75, 3.05) is 0 Å². The molecule has 2 N–H and O–H groups in total. The van der Waals surface area contributed by atoms with Crippen LogP contribution in [0.25, 0.3) is 0 Å². The second-order valence-electron chi connectivity index (χ2n) is 2.63. The van der Waals surface area contributed by atoms with Gasteiger partial charge in [0.25, 0.3) is 0 Å². The fraction of sp³-hybridized carbons (Fsp3) is 0.375. The average molecular weight is 243 g/mol. The number of hydrogen-bond donors (Lipinski definition) is 1. The van der Waals surface area contributed by atoms with Crippen LogP contribution in [0.5, 0.6) is 0 Å². The molecule has 14 heavy (non-hydrogen) atoms. The van der Waals surface area contributed by atoms with Gasteiger partial charge >= 0.3 is 0 Å². The molecular weight excluding hydrogens is 233 g/mol. The van der Waals surface area contributed by atoms with Crippen LogP contribution in [0.4, 0.5) is 8.78 Å². The van der Waals surface area contributed by atoms with Crippen LogP contribution in [0, 0.1) is 0 Å². The summed E-state index contributed by atoms with van der Waals surface area (Å²) in [5.41, 5.74) is 6.02. The third-order valence-corrected chi connectivity index (χ3v) is 1.95. The number of rotatable bonds is 3. The van der Waals surface area contributed by atoms with Gasteiger partial charge in [0.2, 0.25) is 6.43 Å². The van der Waals surface area contributed by atoms with Gasteiger partial charge in [-0.1, -0.05) is 11.6 Å². The minimum Gasteiger partial charge on any atom is -0.324 e. The Labute approximate surface area is 91.9 Å². The number of halogens is 4. The quantitative estimate of drug-likeness (QED) is 0.886. The number of aromatic nitrogens is 1. The molecule has 0 saturated heterocycles. The Morgan fingerprint density at radius 1 is 1.50 bits per heavy atom. The van der Waals surface area contributed by atoms with E-state index in [4.69, 9.17) is 17.3 Å². The first kappa shape index (κ1) is 13.5. The smallest absolute Gasteiger partial charge is 0.240 e. The van der Waals surface area contributed by atoms with E-state index in [1.165, 1.54) is 12.4 Å². The van der Waals surface area contributed by atoms with Crippen LogP contribution >= 0.6 is 24.0 Å². The van der Waals surface area contributed by atoms with Gasteiger partial charge in [-0.2, -0.15) is 0 Å². The third-order valence-electron chi connectivity index (χ3n) is 1.64. The summed E-state index contributed by atoms with van der Waals surface area (Å²) < 4.78 is 23.9. The molecule has 0 saturated carbocycles. The van der Waals surface area contributed by atoms with E-state index in [-0.39, 0.29) is 18.8 Å². The van der Waals surface area contributed by atoms with Crippen LogP contribution in [-0.2, 0) is 0 Å². The number of pyridine rings is 1. The fourth-order valence-electron chi connectivity index (χ4n) is 1.01. The zero-order valence-corrected chi connectivity index (χ0v) is 8.73. The molecule has 0 amide bonds. The predicted molar refractivity (Wildman–Crippen MR) is 54.0 cm³/mol. The molecule has 1 heterocycles. The normalized spacial score (nSPS) is 12.4. The summed E-state index contributed by atoms with van der Waals surface area (Å²) in [6.45, 7) is 0. The Hall–Kier alpha value is -0.450. The average Bonchev–Trinajstić information content (AvgIpc) is 2.03. The van der Waals surface area contributed by atoms with Gasteiger partial charge in [0.1, 0.15) is 0 Å². The zero-order chi connectivity index (χ0) is 9.84. The number of nitrogens with zero attached hydrogens (tertiary/aromatic N) is 1.